The lowest BCUT2D eigenvalue weighted by Gasteiger charge is -2.15. The highest BCUT2D eigenvalue weighted by molar-refractivity contribution is 6.30. The quantitative estimate of drug-likeness (QED) is 0.469. The molecule has 0 bridgehead atoms. The summed E-state index contributed by atoms with van der Waals surface area (Å²) in [6.45, 7) is 4.07. The van der Waals surface area contributed by atoms with Gasteiger partial charge in [0.25, 0.3) is 0 Å². The largest absolute Gasteiger partial charge is 0.489 e. The average molecular weight is 440 g/mol. The number of aromatic nitrogens is 5. The van der Waals surface area contributed by atoms with Crippen molar-refractivity contribution >= 4 is 11.6 Å². The first kappa shape index (κ1) is 20.7. The van der Waals surface area contributed by atoms with Crippen LogP contribution in [0.5, 0.6) is 5.75 Å². The van der Waals surface area contributed by atoms with Crippen LogP contribution in [0, 0.1) is 19.7 Å². The van der Waals surface area contributed by atoms with Crippen molar-refractivity contribution < 1.29 is 9.13 Å². The van der Waals surface area contributed by atoms with Crippen molar-refractivity contribution in [1.29, 1.82) is 0 Å². The number of hydrogen-bond donors (Lipinski definition) is 0. The Morgan fingerprint density at radius 2 is 1.87 bits per heavy atom. The monoisotopic (exact) mass is 439 g/mol. The molecular formula is C22H19ClFN5O2. The summed E-state index contributed by atoms with van der Waals surface area (Å²) >= 11 is 6.13. The van der Waals surface area contributed by atoms with Gasteiger partial charge in [-0.1, -0.05) is 17.7 Å². The maximum Gasteiger partial charge on any atom is 0.368 e. The molecule has 0 N–H and O–H groups in total. The van der Waals surface area contributed by atoms with Crippen LogP contribution in [0.3, 0.4) is 0 Å². The first-order valence-corrected chi connectivity index (χ1v) is 9.85. The fraction of sp³-hybridized carbons (Fsp3) is 0.182. The molecule has 0 fully saturated rings. The molecule has 7 nitrogen and oxygen atoms in total. The Labute approximate surface area is 182 Å². The molecule has 0 amide bonds. The van der Waals surface area contributed by atoms with Crippen molar-refractivity contribution in [2.24, 2.45) is 7.05 Å². The van der Waals surface area contributed by atoms with Gasteiger partial charge in [-0.25, -0.2) is 9.18 Å². The number of pyridine rings is 1. The van der Waals surface area contributed by atoms with E-state index in [4.69, 9.17) is 16.3 Å². The molecule has 4 rings (SSSR count). The highest BCUT2D eigenvalue weighted by Crippen LogP contribution is 2.30. The maximum atomic E-state index is 13.2. The minimum Gasteiger partial charge on any atom is -0.489 e. The van der Waals surface area contributed by atoms with Crippen LogP contribution in [-0.2, 0) is 13.7 Å². The Morgan fingerprint density at radius 3 is 2.55 bits per heavy atom. The van der Waals surface area contributed by atoms with E-state index in [-0.39, 0.29) is 18.1 Å². The van der Waals surface area contributed by atoms with Gasteiger partial charge in [0.1, 0.15) is 18.2 Å². The zero-order chi connectivity index (χ0) is 22.1. The van der Waals surface area contributed by atoms with Gasteiger partial charge >= 0.3 is 5.69 Å². The molecule has 0 unspecified atom stereocenters. The third-order valence-electron chi connectivity index (χ3n) is 4.91. The Morgan fingerprint density at radius 1 is 1.06 bits per heavy atom. The SMILES string of the molecule is Cc1cc(-c2ccc(F)cn2)c(C)cc1OCc1ccc(Cl)cc1-n1nnn(C)c1=O. The lowest BCUT2D eigenvalue weighted by atomic mass is 10.0. The average Bonchev–Trinajstić information content (AvgIpc) is 3.08. The maximum absolute atomic E-state index is 13.2. The van der Waals surface area contributed by atoms with Gasteiger partial charge in [0.05, 0.1) is 17.6 Å². The van der Waals surface area contributed by atoms with Gasteiger partial charge in [0.2, 0.25) is 0 Å². The van der Waals surface area contributed by atoms with E-state index in [1.165, 1.54) is 24.0 Å². The van der Waals surface area contributed by atoms with Crippen LogP contribution in [0.2, 0.25) is 5.02 Å². The molecule has 0 saturated carbocycles. The van der Waals surface area contributed by atoms with Crippen molar-refractivity contribution in [3.05, 3.63) is 86.7 Å². The molecule has 0 aliphatic rings. The van der Waals surface area contributed by atoms with Gasteiger partial charge in [-0.15, -0.1) is 0 Å². The van der Waals surface area contributed by atoms with E-state index in [9.17, 15) is 9.18 Å². The first-order chi connectivity index (χ1) is 14.8. The smallest absolute Gasteiger partial charge is 0.368 e. The van der Waals surface area contributed by atoms with E-state index in [2.05, 4.69) is 15.4 Å². The lowest BCUT2D eigenvalue weighted by Crippen LogP contribution is -2.23. The van der Waals surface area contributed by atoms with Gasteiger partial charge in [0, 0.05) is 23.2 Å². The topological polar surface area (TPSA) is 74.8 Å². The number of tetrazole rings is 1. The van der Waals surface area contributed by atoms with Crippen molar-refractivity contribution in [2.45, 2.75) is 20.5 Å². The van der Waals surface area contributed by atoms with Crippen LogP contribution >= 0.6 is 11.6 Å². The predicted octanol–water partition coefficient (Wildman–Crippen LogP) is 4.02. The molecular weight excluding hydrogens is 421 g/mol. The number of hydrogen-bond acceptors (Lipinski definition) is 5. The number of rotatable bonds is 5. The van der Waals surface area contributed by atoms with Crippen LogP contribution in [0.4, 0.5) is 4.39 Å². The Hall–Kier alpha value is -3.52. The van der Waals surface area contributed by atoms with Crippen LogP contribution in [-0.4, -0.2) is 24.8 Å². The number of nitrogens with zero attached hydrogens (tertiary/aromatic N) is 5. The molecule has 9 heteroatoms. The van der Waals surface area contributed by atoms with E-state index in [0.717, 1.165) is 26.9 Å². The molecule has 158 valence electrons. The van der Waals surface area contributed by atoms with Crippen molar-refractivity contribution in [2.75, 3.05) is 0 Å². The number of benzene rings is 2. The van der Waals surface area contributed by atoms with Crippen LogP contribution in [0.25, 0.3) is 16.9 Å². The second-order valence-electron chi connectivity index (χ2n) is 7.15. The Kier molecular flexibility index (Phi) is 5.56. The van der Waals surface area contributed by atoms with Crippen molar-refractivity contribution in [3.8, 4) is 22.7 Å². The molecule has 31 heavy (non-hydrogen) atoms. The predicted molar refractivity (Wildman–Crippen MR) is 115 cm³/mol. The molecule has 0 radical (unpaired) electrons. The first-order valence-electron chi connectivity index (χ1n) is 9.47. The van der Waals surface area contributed by atoms with E-state index in [0.29, 0.717) is 22.2 Å². The molecule has 0 aliphatic carbocycles. The summed E-state index contributed by atoms with van der Waals surface area (Å²) in [5.41, 5.74) is 4.30. The summed E-state index contributed by atoms with van der Waals surface area (Å²) in [6, 6.07) is 12.1. The molecule has 2 heterocycles. The third-order valence-corrected chi connectivity index (χ3v) is 5.14. The van der Waals surface area contributed by atoms with E-state index in [1.54, 1.807) is 24.3 Å². The number of ether oxygens (including phenoxy) is 1. The molecule has 0 saturated heterocycles. The van der Waals surface area contributed by atoms with Crippen LogP contribution in [0.15, 0.2) is 53.5 Å². The Balaban J connectivity index is 1.63. The zero-order valence-corrected chi connectivity index (χ0v) is 17.9. The van der Waals surface area contributed by atoms with Gasteiger partial charge in [0.15, 0.2) is 0 Å². The summed E-state index contributed by atoms with van der Waals surface area (Å²) < 4.78 is 21.6. The van der Waals surface area contributed by atoms with Gasteiger partial charge in [-0.3, -0.25) is 4.98 Å². The molecule has 0 aliphatic heterocycles. The minimum absolute atomic E-state index is 0.198. The molecule has 4 aromatic rings. The van der Waals surface area contributed by atoms with Crippen molar-refractivity contribution in [3.63, 3.8) is 0 Å². The third kappa shape index (κ3) is 4.20. The highest BCUT2D eigenvalue weighted by atomic mass is 35.5. The summed E-state index contributed by atoms with van der Waals surface area (Å²) in [7, 11) is 1.52. The van der Waals surface area contributed by atoms with Gasteiger partial charge < -0.3 is 4.74 Å². The minimum atomic E-state index is -0.383. The van der Waals surface area contributed by atoms with E-state index >= 15 is 0 Å². The Bertz CT molecular complexity index is 1310. The fourth-order valence-electron chi connectivity index (χ4n) is 3.23. The zero-order valence-electron chi connectivity index (χ0n) is 17.1. The summed E-state index contributed by atoms with van der Waals surface area (Å²) in [4.78, 5) is 16.4. The normalized spacial score (nSPS) is 11.0. The highest BCUT2D eigenvalue weighted by Gasteiger charge is 2.14. The fourth-order valence-corrected chi connectivity index (χ4v) is 3.40. The van der Waals surface area contributed by atoms with E-state index in [1.807, 2.05) is 26.0 Å². The second kappa shape index (κ2) is 8.31. The summed E-state index contributed by atoms with van der Waals surface area (Å²) in [5.74, 6) is 0.315. The van der Waals surface area contributed by atoms with Crippen LogP contribution < -0.4 is 10.4 Å². The number of aryl methyl sites for hydroxylation is 3. The van der Waals surface area contributed by atoms with E-state index < -0.39 is 0 Å². The molecule has 0 atom stereocenters. The standard InChI is InChI=1S/C22H19ClFN5O2/c1-13-9-21(14(2)8-18(13)19-7-6-17(24)11-25-19)31-12-15-4-5-16(23)10-20(15)29-22(30)28(3)26-27-29/h4-11H,12H2,1-3H3. The summed E-state index contributed by atoms with van der Waals surface area (Å²) in [6.07, 6.45) is 1.20. The second-order valence-corrected chi connectivity index (χ2v) is 7.59. The molecule has 0 spiro atoms. The van der Waals surface area contributed by atoms with Crippen molar-refractivity contribution in [1.82, 2.24) is 24.8 Å². The summed E-state index contributed by atoms with van der Waals surface area (Å²) in [5, 5.41) is 8.12. The van der Waals surface area contributed by atoms with Gasteiger partial charge in [-0.2, -0.15) is 9.36 Å². The van der Waals surface area contributed by atoms with Gasteiger partial charge in [-0.05, 0) is 71.8 Å². The number of halogens is 2. The lowest BCUT2D eigenvalue weighted by molar-refractivity contribution is 0.303. The molecule has 2 aromatic carbocycles. The van der Waals surface area contributed by atoms with Crippen LogP contribution in [0.1, 0.15) is 16.7 Å². The molecule has 2 aromatic heterocycles.